The van der Waals surface area contributed by atoms with Gasteiger partial charge in [0.2, 0.25) is 5.91 Å². The Kier molecular flexibility index (Phi) is 9.18. The van der Waals surface area contributed by atoms with Gasteiger partial charge in [-0.1, -0.05) is 72.8 Å². The van der Waals surface area contributed by atoms with Gasteiger partial charge in [0.1, 0.15) is 0 Å². The van der Waals surface area contributed by atoms with Gasteiger partial charge in [-0.15, -0.1) is 0 Å². The fourth-order valence-corrected chi connectivity index (χ4v) is 3.63. The molecule has 6 nitrogen and oxygen atoms in total. The van der Waals surface area contributed by atoms with Crippen LogP contribution in [-0.4, -0.2) is 48.1 Å². The smallest absolute Gasteiger partial charge is 0.253 e. The summed E-state index contributed by atoms with van der Waals surface area (Å²) in [7, 11) is 0. The highest BCUT2D eigenvalue weighted by Crippen LogP contribution is 2.18. The van der Waals surface area contributed by atoms with Gasteiger partial charge in [-0.25, -0.2) is 0 Å². The minimum absolute atomic E-state index is 0.0293. The zero-order valence-corrected chi connectivity index (χ0v) is 18.9. The lowest BCUT2D eigenvalue weighted by Gasteiger charge is -2.21. The summed E-state index contributed by atoms with van der Waals surface area (Å²) in [4.78, 5) is 27.6. The van der Waals surface area contributed by atoms with E-state index in [-0.39, 0.29) is 31.0 Å². The summed E-state index contributed by atoms with van der Waals surface area (Å²) in [6.07, 6.45) is 0.782. The highest BCUT2D eigenvalue weighted by molar-refractivity contribution is 6.04. The van der Waals surface area contributed by atoms with E-state index in [1.807, 2.05) is 72.5 Å². The second-order valence-electron chi connectivity index (χ2n) is 7.93. The summed E-state index contributed by atoms with van der Waals surface area (Å²) in [5, 5.41) is 15.3. The van der Waals surface area contributed by atoms with Crippen molar-refractivity contribution in [3.05, 3.63) is 102 Å². The maximum absolute atomic E-state index is 12.9. The third kappa shape index (κ3) is 7.56. The molecule has 0 fully saturated rings. The molecule has 172 valence electrons. The summed E-state index contributed by atoms with van der Waals surface area (Å²) in [6, 6.07) is 26.6. The Bertz CT molecular complexity index is 1030. The Labute approximate surface area is 195 Å². The van der Waals surface area contributed by atoms with Gasteiger partial charge in [-0.2, -0.15) is 0 Å². The van der Waals surface area contributed by atoms with Crippen LogP contribution in [0.1, 0.15) is 34.5 Å². The number of hydrogen-bond donors (Lipinski definition) is 3. The summed E-state index contributed by atoms with van der Waals surface area (Å²) in [6.45, 7) is 3.07. The van der Waals surface area contributed by atoms with Gasteiger partial charge in [-0.3, -0.25) is 14.5 Å². The van der Waals surface area contributed by atoms with Crippen LogP contribution in [0.3, 0.4) is 0 Å². The second kappa shape index (κ2) is 12.5. The van der Waals surface area contributed by atoms with E-state index in [0.717, 1.165) is 12.0 Å². The van der Waals surface area contributed by atoms with Crippen molar-refractivity contribution in [2.75, 3.05) is 31.6 Å². The topological polar surface area (TPSA) is 81.7 Å². The number of aliphatic hydroxyl groups excluding tert-OH is 1. The van der Waals surface area contributed by atoms with E-state index in [1.54, 1.807) is 24.3 Å². The number of aliphatic hydroxyl groups is 1. The van der Waals surface area contributed by atoms with Crippen LogP contribution in [0, 0.1) is 0 Å². The number of amides is 2. The van der Waals surface area contributed by atoms with Crippen LogP contribution in [0.5, 0.6) is 0 Å². The minimum atomic E-state index is -0.251. The van der Waals surface area contributed by atoms with Crippen LogP contribution in [0.15, 0.2) is 84.9 Å². The van der Waals surface area contributed by atoms with Crippen molar-refractivity contribution in [2.45, 2.75) is 19.4 Å². The van der Waals surface area contributed by atoms with Gasteiger partial charge in [0.15, 0.2) is 0 Å². The van der Waals surface area contributed by atoms with Crippen LogP contribution < -0.4 is 10.6 Å². The van der Waals surface area contributed by atoms with Gasteiger partial charge < -0.3 is 15.7 Å². The Morgan fingerprint density at radius 2 is 1.52 bits per heavy atom. The number of nitrogens with one attached hydrogen (secondary N) is 2. The Balaban J connectivity index is 1.61. The van der Waals surface area contributed by atoms with Crippen molar-refractivity contribution in [1.29, 1.82) is 0 Å². The lowest BCUT2D eigenvalue weighted by atomic mass is 10.1. The number of hydrogen-bond acceptors (Lipinski definition) is 4. The quantitative estimate of drug-likeness (QED) is 0.421. The number of benzene rings is 3. The average Bonchev–Trinajstić information content (AvgIpc) is 2.84. The highest BCUT2D eigenvalue weighted by atomic mass is 16.3. The zero-order chi connectivity index (χ0) is 23.5. The molecule has 0 spiro atoms. The molecule has 3 aromatic carbocycles. The molecule has 0 aliphatic heterocycles. The van der Waals surface area contributed by atoms with Crippen LogP contribution in [0.2, 0.25) is 0 Å². The van der Waals surface area contributed by atoms with Crippen LogP contribution in [0.4, 0.5) is 5.69 Å². The first kappa shape index (κ1) is 24.2. The Morgan fingerprint density at radius 1 is 0.879 bits per heavy atom. The molecule has 0 saturated heterocycles. The molecule has 1 atom stereocenters. The fourth-order valence-electron chi connectivity index (χ4n) is 3.63. The lowest BCUT2D eigenvalue weighted by Crippen LogP contribution is -2.37. The molecule has 0 heterocycles. The monoisotopic (exact) mass is 445 g/mol. The summed E-state index contributed by atoms with van der Waals surface area (Å²) < 4.78 is 0. The van der Waals surface area contributed by atoms with Crippen LogP contribution in [0.25, 0.3) is 0 Å². The van der Waals surface area contributed by atoms with Gasteiger partial charge in [-0.05, 0) is 36.6 Å². The minimum Gasteiger partial charge on any atom is -0.395 e. The normalized spacial score (nSPS) is 11.7. The number of carbonyl (C=O) groups is 2. The molecule has 0 radical (unpaired) electrons. The molecule has 6 heteroatoms. The highest BCUT2D eigenvalue weighted by Gasteiger charge is 2.17. The molecule has 1 unspecified atom stereocenters. The van der Waals surface area contributed by atoms with Crippen molar-refractivity contribution >= 4 is 17.5 Å². The van der Waals surface area contributed by atoms with Gasteiger partial charge in [0, 0.05) is 13.1 Å². The maximum atomic E-state index is 12.9. The Hall–Kier alpha value is -3.48. The van der Waals surface area contributed by atoms with E-state index in [0.29, 0.717) is 24.3 Å². The molecule has 3 rings (SSSR count). The van der Waals surface area contributed by atoms with Gasteiger partial charge in [0.25, 0.3) is 5.91 Å². The first-order valence-corrected chi connectivity index (χ1v) is 11.2. The Morgan fingerprint density at radius 3 is 2.21 bits per heavy atom. The molecule has 0 bridgehead atoms. The number of anilines is 1. The number of rotatable bonds is 11. The molecule has 3 aromatic rings. The fraction of sp³-hybridized carbons (Fsp3) is 0.259. The molecular weight excluding hydrogens is 414 g/mol. The first-order chi connectivity index (χ1) is 16.1. The third-order valence-corrected chi connectivity index (χ3v) is 5.44. The van der Waals surface area contributed by atoms with Crippen LogP contribution in [-0.2, 0) is 11.2 Å². The second-order valence-corrected chi connectivity index (χ2v) is 7.93. The van der Waals surface area contributed by atoms with E-state index in [1.165, 1.54) is 5.56 Å². The van der Waals surface area contributed by atoms with E-state index in [2.05, 4.69) is 10.6 Å². The average molecular weight is 446 g/mol. The standard InChI is InChI=1S/C27H31N3O3/c1-21(23-12-6-3-7-13-23)28-27(33)24-14-8-9-15-25(24)29-26(32)20-30(18-19-31)17-16-22-10-4-2-5-11-22/h2-15,21,31H,16-20H2,1H3,(H,28,33)(H,29,32). The van der Waals surface area contributed by atoms with Crippen molar-refractivity contribution < 1.29 is 14.7 Å². The zero-order valence-electron chi connectivity index (χ0n) is 18.9. The molecular formula is C27H31N3O3. The number of carbonyl (C=O) groups excluding carboxylic acids is 2. The van der Waals surface area contributed by atoms with Gasteiger partial charge >= 0.3 is 0 Å². The van der Waals surface area contributed by atoms with Crippen molar-refractivity contribution in [1.82, 2.24) is 10.2 Å². The van der Waals surface area contributed by atoms with E-state index >= 15 is 0 Å². The van der Waals surface area contributed by atoms with E-state index < -0.39 is 0 Å². The molecule has 3 N–H and O–H groups in total. The van der Waals surface area contributed by atoms with E-state index in [9.17, 15) is 14.7 Å². The van der Waals surface area contributed by atoms with Crippen molar-refractivity contribution in [3.8, 4) is 0 Å². The summed E-state index contributed by atoms with van der Waals surface area (Å²) >= 11 is 0. The third-order valence-electron chi connectivity index (χ3n) is 5.44. The largest absolute Gasteiger partial charge is 0.395 e. The summed E-state index contributed by atoms with van der Waals surface area (Å²) in [5.41, 5.74) is 3.06. The lowest BCUT2D eigenvalue weighted by molar-refractivity contribution is -0.117. The molecule has 0 aliphatic rings. The van der Waals surface area contributed by atoms with Gasteiger partial charge in [0.05, 0.1) is 30.4 Å². The molecule has 0 aromatic heterocycles. The van der Waals surface area contributed by atoms with E-state index in [4.69, 9.17) is 0 Å². The number of para-hydroxylation sites is 1. The maximum Gasteiger partial charge on any atom is 0.253 e. The van der Waals surface area contributed by atoms with Crippen molar-refractivity contribution in [3.63, 3.8) is 0 Å². The molecule has 2 amide bonds. The SMILES string of the molecule is CC(NC(=O)c1ccccc1NC(=O)CN(CCO)CCc1ccccc1)c1ccccc1. The van der Waals surface area contributed by atoms with Crippen molar-refractivity contribution in [2.24, 2.45) is 0 Å². The molecule has 0 saturated carbocycles. The van der Waals surface area contributed by atoms with Crippen LogP contribution >= 0.6 is 0 Å². The predicted molar refractivity (Wildman–Crippen MR) is 131 cm³/mol. The number of nitrogens with zero attached hydrogens (tertiary/aromatic N) is 1. The predicted octanol–water partition coefficient (Wildman–Crippen LogP) is 3.65. The summed E-state index contributed by atoms with van der Waals surface area (Å²) in [5.74, 6) is -0.480. The first-order valence-electron chi connectivity index (χ1n) is 11.2. The molecule has 0 aliphatic carbocycles. The molecule has 33 heavy (non-hydrogen) atoms.